The Hall–Kier alpha value is 0.0400. The highest BCUT2D eigenvalue weighted by Crippen LogP contribution is 2.12. The van der Waals surface area contributed by atoms with Crippen LogP contribution in [0.1, 0.15) is 19.2 Å². The van der Waals surface area contributed by atoms with E-state index >= 15 is 0 Å². The molecule has 1 aromatic rings. The van der Waals surface area contributed by atoms with Crippen molar-refractivity contribution in [2.24, 2.45) is 0 Å². The van der Waals surface area contributed by atoms with E-state index in [2.05, 4.69) is 32.2 Å². The van der Waals surface area contributed by atoms with Crippen LogP contribution in [0.25, 0.3) is 0 Å². The number of aryl methyl sites for hydroxylation is 1. The maximum Gasteiger partial charge on any atom is 0.179 e. The molecule has 0 aliphatic rings. The van der Waals surface area contributed by atoms with Crippen LogP contribution in [-0.2, 0) is 6.42 Å². The van der Waals surface area contributed by atoms with Crippen LogP contribution in [-0.4, -0.2) is 9.36 Å². The van der Waals surface area contributed by atoms with E-state index in [1.807, 2.05) is 0 Å². The van der Waals surface area contributed by atoms with Crippen molar-refractivity contribution in [2.45, 2.75) is 19.8 Å². The van der Waals surface area contributed by atoms with E-state index in [1.54, 1.807) is 0 Å². The van der Waals surface area contributed by atoms with Crippen molar-refractivity contribution in [1.29, 1.82) is 0 Å². The lowest BCUT2D eigenvalue weighted by atomic mass is 10.3. The van der Waals surface area contributed by atoms with Gasteiger partial charge in [-0.15, -0.1) is 0 Å². The van der Waals surface area contributed by atoms with Crippen molar-refractivity contribution in [2.75, 3.05) is 0 Å². The first-order chi connectivity index (χ1) is 4.33. The van der Waals surface area contributed by atoms with Gasteiger partial charge in [0.25, 0.3) is 0 Å². The molecule has 0 aliphatic heterocycles. The molecule has 1 rings (SSSR count). The van der Waals surface area contributed by atoms with Crippen LogP contribution in [0.3, 0.4) is 0 Å². The van der Waals surface area contributed by atoms with Crippen molar-refractivity contribution < 1.29 is 0 Å². The van der Waals surface area contributed by atoms with Crippen molar-refractivity contribution >= 4 is 27.5 Å². The Kier molecular flexibility index (Phi) is 2.60. The predicted octanol–water partition coefficient (Wildman–Crippen LogP) is 2.25. The molecule has 0 radical (unpaired) electrons. The van der Waals surface area contributed by atoms with Crippen LogP contribution in [0.15, 0.2) is 3.92 Å². The van der Waals surface area contributed by atoms with Crippen molar-refractivity contribution in [3.63, 3.8) is 0 Å². The summed E-state index contributed by atoms with van der Waals surface area (Å²) in [5.41, 5.74) is 0. The summed E-state index contributed by atoms with van der Waals surface area (Å²) in [6, 6.07) is 0. The average Bonchev–Trinajstić information content (AvgIpc) is 2.17. The third-order valence-corrected chi connectivity index (χ3v) is 2.07. The molecule has 0 unspecified atom stereocenters. The van der Waals surface area contributed by atoms with Gasteiger partial charge in [0.1, 0.15) is 5.82 Å². The van der Waals surface area contributed by atoms with E-state index in [0.717, 1.165) is 22.6 Å². The van der Waals surface area contributed by atoms with Crippen LogP contribution in [0.2, 0.25) is 0 Å². The molecule has 0 aliphatic carbocycles. The van der Waals surface area contributed by atoms with Crippen molar-refractivity contribution in [1.82, 2.24) is 9.36 Å². The molecule has 0 bridgehead atoms. The number of hydrogen-bond donors (Lipinski definition) is 0. The van der Waals surface area contributed by atoms with Crippen LogP contribution >= 0.6 is 27.5 Å². The number of halogens is 1. The zero-order chi connectivity index (χ0) is 6.69. The normalized spacial score (nSPS) is 10.0. The maximum absolute atomic E-state index is 4.12. The van der Waals surface area contributed by atoms with E-state index in [4.69, 9.17) is 0 Å². The number of nitrogens with zero attached hydrogens (tertiary/aromatic N) is 2. The zero-order valence-corrected chi connectivity index (χ0v) is 7.50. The van der Waals surface area contributed by atoms with E-state index in [1.165, 1.54) is 11.5 Å². The Labute approximate surface area is 66.6 Å². The Bertz CT molecular complexity index is 187. The summed E-state index contributed by atoms with van der Waals surface area (Å²) in [5, 5.41) is 0. The van der Waals surface area contributed by atoms with Gasteiger partial charge in [-0.2, -0.15) is 4.37 Å². The predicted molar refractivity (Wildman–Crippen MR) is 41.6 cm³/mol. The first-order valence-corrected chi connectivity index (χ1v) is 4.37. The van der Waals surface area contributed by atoms with Gasteiger partial charge in [-0.1, -0.05) is 6.92 Å². The SMILES string of the molecule is CCCc1nsc(Br)n1. The highest BCUT2D eigenvalue weighted by Gasteiger charge is 1.97. The molecule has 0 atom stereocenters. The van der Waals surface area contributed by atoms with Gasteiger partial charge in [0.15, 0.2) is 3.92 Å². The van der Waals surface area contributed by atoms with E-state index in [-0.39, 0.29) is 0 Å². The topological polar surface area (TPSA) is 25.8 Å². The van der Waals surface area contributed by atoms with Gasteiger partial charge < -0.3 is 0 Å². The second-order valence-electron chi connectivity index (χ2n) is 1.71. The lowest BCUT2D eigenvalue weighted by Gasteiger charge is -1.83. The van der Waals surface area contributed by atoms with Crippen LogP contribution in [0.5, 0.6) is 0 Å². The van der Waals surface area contributed by atoms with Gasteiger partial charge in [0, 0.05) is 6.42 Å². The van der Waals surface area contributed by atoms with Gasteiger partial charge in [0.05, 0.1) is 0 Å². The molecule has 1 heterocycles. The molecule has 0 N–H and O–H groups in total. The quantitative estimate of drug-likeness (QED) is 0.743. The molecule has 0 fully saturated rings. The average molecular weight is 207 g/mol. The molecular formula is C5H7BrN2S. The fourth-order valence-electron chi connectivity index (χ4n) is 0.558. The van der Waals surface area contributed by atoms with Gasteiger partial charge in [-0.25, -0.2) is 4.98 Å². The highest BCUT2D eigenvalue weighted by molar-refractivity contribution is 9.11. The number of rotatable bonds is 2. The monoisotopic (exact) mass is 206 g/mol. The third-order valence-electron chi connectivity index (χ3n) is 0.917. The molecule has 0 aromatic carbocycles. The minimum Gasteiger partial charge on any atom is -0.212 e. The molecular weight excluding hydrogens is 200 g/mol. The molecule has 0 saturated heterocycles. The summed E-state index contributed by atoms with van der Waals surface area (Å²) in [4.78, 5) is 4.12. The number of aromatic nitrogens is 2. The zero-order valence-electron chi connectivity index (χ0n) is 5.09. The molecule has 9 heavy (non-hydrogen) atoms. The van der Waals surface area contributed by atoms with Gasteiger partial charge in [-0.05, 0) is 33.9 Å². The summed E-state index contributed by atoms with van der Waals surface area (Å²) in [6.07, 6.45) is 2.10. The number of hydrogen-bond acceptors (Lipinski definition) is 3. The summed E-state index contributed by atoms with van der Waals surface area (Å²) >= 11 is 4.65. The largest absolute Gasteiger partial charge is 0.212 e. The standard InChI is InChI=1S/C5H7BrN2S/c1-2-3-4-7-5(6)9-8-4/h2-3H2,1H3. The van der Waals surface area contributed by atoms with E-state index in [0.29, 0.717) is 0 Å². The van der Waals surface area contributed by atoms with E-state index < -0.39 is 0 Å². The van der Waals surface area contributed by atoms with E-state index in [9.17, 15) is 0 Å². The first kappa shape index (κ1) is 7.15. The van der Waals surface area contributed by atoms with Crippen LogP contribution in [0, 0.1) is 0 Å². The molecule has 50 valence electrons. The van der Waals surface area contributed by atoms with Gasteiger partial charge in [0.2, 0.25) is 0 Å². The van der Waals surface area contributed by atoms with Crippen LogP contribution < -0.4 is 0 Å². The molecule has 2 nitrogen and oxygen atoms in total. The smallest absolute Gasteiger partial charge is 0.179 e. The van der Waals surface area contributed by atoms with Crippen LogP contribution in [0.4, 0.5) is 0 Å². The Morgan fingerprint density at radius 3 is 2.89 bits per heavy atom. The third kappa shape index (κ3) is 2.02. The van der Waals surface area contributed by atoms with Crippen molar-refractivity contribution in [3.8, 4) is 0 Å². The molecule has 1 aromatic heterocycles. The lowest BCUT2D eigenvalue weighted by Crippen LogP contribution is -1.83. The molecule has 0 saturated carbocycles. The molecule has 4 heteroatoms. The van der Waals surface area contributed by atoms with Gasteiger partial charge >= 0.3 is 0 Å². The minimum atomic E-state index is 0.881. The minimum absolute atomic E-state index is 0.881. The summed E-state index contributed by atoms with van der Waals surface area (Å²) in [7, 11) is 0. The first-order valence-electron chi connectivity index (χ1n) is 2.81. The summed E-state index contributed by atoms with van der Waals surface area (Å²) in [5.74, 6) is 0.953. The van der Waals surface area contributed by atoms with Crippen molar-refractivity contribution in [3.05, 3.63) is 9.74 Å². The molecule has 0 spiro atoms. The maximum atomic E-state index is 4.12. The molecule has 0 amide bonds. The summed E-state index contributed by atoms with van der Waals surface area (Å²) in [6.45, 7) is 2.12. The lowest BCUT2D eigenvalue weighted by molar-refractivity contribution is 0.859. The highest BCUT2D eigenvalue weighted by atomic mass is 79.9. The fourth-order valence-corrected chi connectivity index (χ4v) is 1.44. The Morgan fingerprint density at radius 2 is 2.44 bits per heavy atom. The summed E-state index contributed by atoms with van der Waals surface area (Å²) < 4.78 is 4.97. The fraction of sp³-hybridized carbons (Fsp3) is 0.600. The van der Waals surface area contributed by atoms with Gasteiger partial charge in [-0.3, -0.25) is 0 Å². The second-order valence-corrected chi connectivity index (χ2v) is 3.74. The Balaban J connectivity index is 2.61. The Morgan fingerprint density at radius 1 is 1.67 bits per heavy atom. The second kappa shape index (κ2) is 3.27.